The van der Waals surface area contributed by atoms with Crippen LogP contribution in [0.1, 0.15) is 12.0 Å². The van der Waals surface area contributed by atoms with E-state index in [2.05, 4.69) is 27.3 Å². The summed E-state index contributed by atoms with van der Waals surface area (Å²) in [5, 5.41) is 11.6. The lowest BCUT2D eigenvalue weighted by Crippen LogP contribution is -2.14. The molecular formula is C11H11BrN2O2. The Balaban J connectivity index is 2.02. The number of benzene rings is 1. The lowest BCUT2D eigenvalue weighted by atomic mass is 10.2. The first-order valence-electron chi connectivity index (χ1n) is 4.97. The molecule has 1 aromatic carbocycles. The minimum absolute atomic E-state index is 0.285. The quantitative estimate of drug-likeness (QED) is 0.860. The summed E-state index contributed by atoms with van der Waals surface area (Å²) >= 11 is 3.48. The molecule has 1 aliphatic heterocycles. The van der Waals surface area contributed by atoms with E-state index in [-0.39, 0.29) is 6.79 Å². The van der Waals surface area contributed by atoms with Crippen molar-refractivity contribution in [3.63, 3.8) is 0 Å². The van der Waals surface area contributed by atoms with Crippen molar-refractivity contribution in [1.82, 2.24) is 5.32 Å². The Kier molecular flexibility index (Phi) is 3.65. The molecule has 1 heterocycles. The summed E-state index contributed by atoms with van der Waals surface area (Å²) in [6, 6.07) is 5.95. The number of fused-ring (bicyclic) bond motifs is 1. The second-order valence-corrected chi connectivity index (χ2v) is 4.24. The van der Waals surface area contributed by atoms with Gasteiger partial charge in [0.2, 0.25) is 6.79 Å². The first-order chi connectivity index (χ1) is 7.81. The number of halogens is 1. The van der Waals surface area contributed by atoms with Crippen molar-refractivity contribution in [3.8, 4) is 17.6 Å². The average molecular weight is 283 g/mol. The van der Waals surface area contributed by atoms with Crippen molar-refractivity contribution in [2.75, 3.05) is 13.3 Å². The topological polar surface area (TPSA) is 54.3 Å². The first-order valence-corrected chi connectivity index (χ1v) is 5.76. The SMILES string of the molecule is N#CCCNCc1cc2c(cc1Br)OCO2. The van der Waals surface area contributed by atoms with Crippen molar-refractivity contribution < 1.29 is 9.47 Å². The van der Waals surface area contributed by atoms with Gasteiger partial charge in [-0.1, -0.05) is 15.9 Å². The molecule has 84 valence electrons. The third-order valence-corrected chi connectivity index (χ3v) is 3.01. The Morgan fingerprint density at radius 1 is 1.38 bits per heavy atom. The number of nitriles is 1. The summed E-state index contributed by atoms with van der Waals surface area (Å²) in [6.45, 7) is 1.68. The lowest BCUT2D eigenvalue weighted by molar-refractivity contribution is 0.174. The van der Waals surface area contributed by atoms with Crippen LogP contribution < -0.4 is 14.8 Å². The third kappa shape index (κ3) is 2.46. The van der Waals surface area contributed by atoms with Gasteiger partial charge in [0, 0.05) is 24.0 Å². The van der Waals surface area contributed by atoms with E-state index < -0.39 is 0 Å². The lowest BCUT2D eigenvalue weighted by Gasteiger charge is -2.06. The Morgan fingerprint density at radius 3 is 2.88 bits per heavy atom. The Hall–Kier alpha value is -1.25. The van der Waals surface area contributed by atoms with Crippen LogP contribution in [0.2, 0.25) is 0 Å². The smallest absolute Gasteiger partial charge is 0.231 e. The normalized spacial score (nSPS) is 12.5. The molecule has 0 radical (unpaired) electrons. The standard InChI is InChI=1S/C11H11BrN2O2/c12-9-5-11-10(15-7-16-11)4-8(9)6-14-3-1-2-13/h4-5,14H,1,3,6-7H2. The molecule has 0 amide bonds. The van der Waals surface area contributed by atoms with E-state index in [1.54, 1.807) is 0 Å². The third-order valence-electron chi connectivity index (χ3n) is 2.27. The zero-order valence-corrected chi connectivity index (χ0v) is 10.2. The number of ether oxygens (including phenoxy) is 2. The number of hydrogen-bond donors (Lipinski definition) is 1. The molecule has 0 saturated heterocycles. The molecule has 2 rings (SSSR count). The van der Waals surface area contributed by atoms with Crippen molar-refractivity contribution in [2.45, 2.75) is 13.0 Å². The van der Waals surface area contributed by atoms with Gasteiger partial charge >= 0.3 is 0 Å². The van der Waals surface area contributed by atoms with E-state index in [1.807, 2.05) is 12.1 Å². The molecule has 4 nitrogen and oxygen atoms in total. The van der Waals surface area contributed by atoms with Crippen LogP contribution >= 0.6 is 15.9 Å². The fourth-order valence-electron chi connectivity index (χ4n) is 1.46. The van der Waals surface area contributed by atoms with Crippen LogP contribution in [0.15, 0.2) is 16.6 Å². The molecule has 0 aromatic heterocycles. The number of nitrogens with one attached hydrogen (secondary N) is 1. The predicted octanol–water partition coefficient (Wildman–Crippen LogP) is 2.18. The predicted molar refractivity (Wildman–Crippen MR) is 62.2 cm³/mol. The zero-order valence-electron chi connectivity index (χ0n) is 8.62. The molecule has 0 saturated carbocycles. The summed E-state index contributed by atoms with van der Waals surface area (Å²) in [5.74, 6) is 1.55. The van der Waals surface area contributed by atoms with Gasteiger partial charge in [0.15, 0.2) is 11.5 Å². The summed E-state index contributed by atoms with van der Waals surface area (Å²) in [5.41, 5.74) is 1.10. The van der Waals surface area contributed by atoms with Gasteiger partial charge in [-0.25, -0.2) is 0 Å². The largest absolute Gasteiger partial charge is 0.454 e. The Labute approximate surface area is 102 Å². The van der Waals surface area contributed by atoms with Crippen molar-refractivity contribution in [1.29, 1.82) is 5.26 Å². The van der Waals surface area contributed by atoms with E-state index in [4.69, 9.17) is 14.7 Å². The van der Waals surface area contributed by atoms with Gasteiger partial charge in [-0.2, -0.15) is 5.26 Å². The summed E-state index contributed by atoms with van der Waals surface area (Å²) in [4.78, 5) is 0. The molecule has 0 atom stereocenters. The van der Waals surface area contributed by atoms with Crippen LogP contribution in [0.25, 0.3) is 0 Å². The van der Waals surface area contributed by atoms with Crippen LogP contribution in [0.4, 0.5) is 0 Å². The Morgan fingerprint density at radius 2 is 2.12 bits per heavy atom. The zero-order chi connectivity index (χ0) is 11.4. The molecule has 0 aliphatic carbocycles. The fraction of sp³-hybridized carbons (Fsp3) is 0.364. The van der Waals surface area contributed by atoms with E-state index >= 15 is 0 Å². The van der Waals surface area contributed by atoms with Gasteiger partial charge in [0.1, 0.15) is 0 Å². The molecule has 1 aliphatic rings. The van der Waals surface area contributed by atoms with E-state index in [0.29, 0.717) is 19.5 Å². The van der Waals surface area contributed by atoms with E-state index in [9.17, 15) is 0 Å². The van der Waals surface area contributed by atoms with Gasteiger partial charge in [-0.3, -0.25) is 0 Å². The van der Waals surface area contributed by atoms with E-state index in [0.717, 1.165) is 21.5 Å². The highest BCUT2D eigenvalue weighted by atomic mass is 79.9. The Bertz CT molecular complexity index is 429. The highest BCUT2D eigenvalue weighted by molar-refractivity contribution is 9.10. The van der Waals surface area contributed by atoms with Gasteiger partial charge in [-0.15, -0.1) is 0 Å². The highest BCUT2D eigenvalue weighted by Crippen LogP contribution is 2.36. The summed E-state index contributed by atoms with van der Waals surface area (Å²) in [7, 11) is 0. The molecule has 16 heavy (non-hydrogen) atoms. The van der Waals surface area contributed by atoms with Crippen molar-refractivity contribution in [2.24, 2.45) is 0 Å². The maximum atomic E-state index is 8.41. The minimum Gasteiger partial charge on any atom is -0.454 e. The molecule has 1 N–H and O–H groups in total. The van der Waals surface area contributed by atoms with Crippen LogP contribution in [0, 0.1) is 11.3 Å². The molecule has 0 unspecified atom stereocenters. The van der Waals surface area contributed by atoms with Crippen LogP contribution in [-0.2, 0) is 6.54 Å². The summed E-state index contributed by atoms with van der Waals surface area (Å²) in [6.07, 6.45) is 0.516. The van der Waals surface area contributed by atoms with E-state index in [1.165, 1.54) is 0 Å². The number of rotatable bonds is 4. The fourth-order valence-corrected chi connectivity index (χ4v) is 1.92. The van der Waals surface area contributed by atoms with Crippen LogP contribution in [0.5, 0.6) is 11.5 Å². The molecular weight excluding hydrogens is 272 g/mol. The van der Waals surface area contributed by atoms with Crippen LogP contribution in [0.3, 0.4) is 0 Å². The van der Waals surface area contributed by atoms with Crippen molar-refractivity contribution >= 4 is 15.9 Å². The number of hydrogen-bond acceptors (Lipinski definition) is 4. The molecule has 0 bridgehead atoms. The van der Waals surface area contributed by atoms with Crippen LogP contribution in [-0.4, -0.2) is 13.3 Å². The summed E-state index contributed by atoms with van der Waals surface area (Å²) < 4.78 is 11.5. The van der Waals surface area contributed by atoms with Gasteiger partial charge in [0.25, 0.3) is 0 Å². The van der Waals surface area contributed by atoms with Gasteiger partial charge in [0.05, 0.1) is 6.07 Å². The van der Waals surface area contributed by atoms with Crippen molar-refractivity contribution in [3.05, 3.63) is 22.2 Å². The maximum absolute atomic E-state index is 8.41. The average Bonchev–Trinajstić information content (AvgIpc) is 2.71. The second-order valence-electron chi connectivity index (χ2n) is 3.38. The monoisotopic (exact) mass is 282 g/mol. The molecule has 0 fully saturated rings. The second kappa shape index (κ2) is 5.19. The van der Waals surface area contributed by atoms with Gasteiger partial charge in [-0.05, 0) is 17.7 Å². The highest BCUT2D eigenvalue weighted by Gasteiger charge is 2.15. The molecule has 0 spiro atoms. The van der Waals surface area contributed by atoms with Gasteiger partial charge < -0.3 is 14.8 Å². The molecule has 1 aromatic rings. The minimum atomic E-state index is 0.285. The molecule has 5 heteroatoms. The number of nitrogens with zero attached hydrogens (tertiary/aromatic N) is 1. The maximum Gasteiger partial charge on any atom is 0.231 e. The first kappa shape index (κ1) is 11.2.